The van der Waals surface area contributed by atoms with Crippen LogP contribution < -0.4 is 4.90 Å². The highest BCUT2D eigenvalue weighted by Crippen LogP contribution is 2.39. The van der Waals surface area contributed by atoms with E-state index in [1.54, 1.807) is 0 Å². The van der Waals surface area contributed by atoms with Gasteiger partial charge in [0.1, 0.15) is 15.3 Å². The molecule has 1 aromatic heterocycles. The Hall–Kier alpha value is -0.700. The highest BCUT2D eigenvalue weighted by molar-refractivity contribution is 8.14. The molecule has 2 rings (SSSR count). The Kier molecular flexibility index (Phi) is 4.12. The van der Waals surface area contributed by atoms with E-state index in [1.807, 2.05) is 0 Å². The summed E-state index contributed by atoms with van der Waals surface area (Å²) in [5.74, 6) is -3.42. The number of anilines is 1. The highest BCUT2D eigenvalue weighted by atomic mass is 35.7. The first-order chi connectivity index (χ1) is 9.12. The average molecular weight is 366 g/mol. The van der Waals surface area contributed by atoms with Crippen LogP contribution in [0.4, 0.5) is 14.5 Å². The van der Waals surface area contributed by atoms with E-state index in [4.69, 9.17) is 33.9 Å². The number of aromatic nitrogens is 1. The zero-order valence-electron chi connectivity index (χ0n) is 9.41. The molecule has 0 spiro atoms. The van der Waals surface area contributed by atoms with Crippen molar-refractivity contribution in [3.63, 3.8) is 0 Å². The second-order valence-corrected chi connectivity index (χ2v) is 7.64. The molecule has 1 fully saturated rings. The minimum absolute atomic E-state index is 0.396. The number of rotatable bonds is 2. The minimum Gasteiger partial charge on any atom is -0.308 e. The van der Waals surface area contributed by atoms with E-state index in [9.17, 15) is 22.0 Å². The number of pyridine rings is 1. The van der Waals surface area contributed by atoms with E-state index >= 15 is 0 Å². The van der Waals surface area contributed by atoms with Crippen molar-refractivity contribution in [3.8, 4) is 0 Å². The molecule has 2 heterocycles. The number of amides is 1. The number of nitrogens with zero attached hydrogens (tertiary/aromatic N) is 2. The first kappa shape index (κ1) is 15.7. The summed E-state index contributed by atoms with van der Waals surface area (Å²) < 4.78 is 49.1. The third-order valence-corrected chi connectivity index (χ3v) is 5.27. The van der Waals surface area contributed by atoms with Gasteiger partial charge in [-0.05, 0) is 0 Å². The molecule has 0 aliphatic carbocycles. The summed E-state index contributed by atoms with van der Waals surface area (Å²) in [4.78, 5) is 15.4. The molecule has 0 aromatic carbocycles. The lowest BCUT2D eigenvalue weighted by atomic mass is 10.3. The van der Waals surface area contributed by atoms with Crippen molar-refractivity contribution in [2.75, 3.05) is 11.4 Å². The van der Waals surface area contributed by atoms with Gasteiger partial charge in [0.05, 0.1) is 5.69 Å². The van der Waals surface area contributed by atoms with Gasteiger partial charge in [0.25, 0.3) is 0 Å². The van der Waals surface area contributed by atoms with E-state index in [2.05, 4.69) is 4.98 Å². The molecule has 0 N–H and O–H groups in total. The van der Waals surface area contributed by atoms with Gasteiger partial charge in [-0.2, -0.15) is 13.8 Å². The van der Waals surface area contributed by atoms with Crippen LogP contribution >= 0.6 is 33.9 Å². The summed E-state index contributed by atoms with van der Waals surface area (Å²) in [5.41, 5.74) is -0.453. The van der Waals surface area contributed by atoms with Crippen LogP contribution in [0.25, 0.3) is 0 Å². The molecular formula is C9H5Cl3F2N2O3S. The second kappa shape index (κ2) is 5.25. The van der Waals surface area contributed by atoms with Crippen LogP contribution in [0, 0.1) is 11.9 Å². The molecule has 1 unspecified atom stereocenters. The maximum Gasteiger partial charge on any atom is 0.237 e. The van der Waals surface area contributed by atoms with Gasteiger partial charge in [0, 0.05) is 23.6 Å². The Balaban J connectivity index is 2.51. The molecular weight excluding hydrogens is 361 g/mol. The molecule has 0 bridgehead atoms. The Morgan fingerprint density at radius 3 is 2.10 bits per heavy atom. The Bertz CT molecular complexity index is 672. The van der Waals surface area contributed by atoms with Crippen LogP contribution in [0.3, 0.4) is 0 Å². The van der Waals surface area contributed by atoms with Gasteiger partial charge in [-0.15, -0.1) is 0 Å². The van der Waals surface area contributed by atoms with Crippen LogP contribution in [0.1, 0.15) is 6.42 Å². The lowest BCUT2D eigenvalue weighted by Gasteiger charge is -2.19. The molecule has 5 nitrogen and oxygen atoms in total. The Morgan fingerprint density at radius 2 is 1.70 bits per heavy atom. The molecule has 1 amide bonds. The third-order valence-electron chi connectivity index (χ3n) is 2.73. The monoisotopic (exact) mass is 364 g/mol. The second-order valence-electron chi connectivity index (χ2n) is 3.98. The number of carbonyl (C=O) groups excluding carboxylic acids is 1. The predicted octanol–water partition coefficient (Wildman–Crippen LogP) is 2.34. The van der Waals surface area contributed by atoms with Crippen molar-refractivity contribution in [2.45, 2.75) is 11.7 Å². The van der Waals surface area contributed by atoms with Gasteiger partial charge in [0.2, 0.25) is 26.9 Å². The summed E-state index contributed by atoms with van der Waals surface area (Å²) in [7, 11) is 1.16. The van der Waals surface area contributed by atoms with Crippen LogP contribution in [0.2, 0.25) is 10.0 Å². The average Bonchev–Trinajstić information content (AvgIpc) is 2.69. The molecule has 20 heavy (non-hydrogen) atoms. The molecule has 1 atom stereocenters. The summed E-state index contributed by atoms with van der Waals surface area (Å²) in [6.45, 7) is -0.396. The van der Waals surface area contributed by atoms with Gasteiger partial charge in [0.15, 0.2) is 0 Å². The highest BCUT2D eigenvalue weighted by Gasteiger charge is 2.40. The first-order valence-electron chi connectivity index (χ1n) is 5.06. The normalized spacial score (nSPS) is 19.8. The van der Waals surface area contributed by atoms with Crippen LogP contribution in [-0.4, -0.2) is 31.1 Å². The maximum absolute atomic E-state index is 13.3. The molecule has 11 heteroatoms. The molecule has 1 aromatic rings. The number of hydrogen-bond acceptors (Lipinski definition) is 4. The fourth-order valence-corrected chi connectivity index (χ4v) is 3.35. The zero-order valence-corrected chi connectivity index (χ0v) is 12.5. The smallest absolute Gasteiger partial charge is 0.237 e. The molecule has 0 radical (unpaired) electrons. The molecule has 1 aliphatic heterocycles. The fraction of sp³-hybridized carbons (Fsp3) is 0.333. The zero-order chi connectivity index (χ0) is 15.2. The van der Waals surface area contributed by atoms with Gasteiger partial charge < -0.3 is 4.90 Å². The van der Waals surface area contributed by atoms with Crippen molar-refractivity contribution < 1.29 is 22.0 Å². The van der Waals surface area contributed by atoms with Crippen LogP contribution in [-0.2, 0) is 13.8 Å². The van der Waals surface area contributed by atoms with Gasteiger partial charge in [-0.1, -0.05) is 23.2 Å². The largest absolute Gasteiger partial charge is 0.308 e. The van der Waals surface area contributed by atoms with Crippen LogP contribution in [0.5, 0.6) is 0 Å². The van der Waals surface area contributed by atoms with Crippen molar-refractivity contribution in [2.24, 2.45) is 0 Å². The Labute approximate surface area is 126 Å². The molecule has 1 aliphatic rings. The summed E-state index contributed by atoms with van der Waals surface area (Å²) in [5, 5.41) is -2.54. The third kappa shape index (κ3) is 2.69. The van der Waals surface area contributed by atoms with Crippen LogP contribution in [0.15, 0.2) is 0 Å². The van der Waals surface area contributed by atoms with E-state index in [0.717, 1.165) is 4.90 Å². The van der Waals surface area contributed by atoms with Crippen molar-refractivity contribution >= 4 is 54.5 Å². The standard InChI is InChI=1S/C9H5Cl3F2N2O3S/c10-5-7(6(11)9(14)15-8(5)13)16-2-3(1-4(16)17)20(12,18)19/h3H,1-2H2. The topological polar surface area (TPSA) is 67.3 Å². The summed E-state index contributed by atoms with van der Waals surface area (Å²) >= 11 is 11.2. The van der Waals surface area contributed by atoms with Gasteiger partial charge in [-0.25, -0.2) is 8.42 Å². The van der Waals surface area contributed by atoms with Gasteiger partial charge >= 0.3 is 0 Å². The van der Waals surface area contributed by atoms with Gasteiger partial charge in [-0.3, -0.25) is 4.79 Å². The van der Waals surface area contributed by atoms with E-state index < -0.39 is 60.8 Å². The van der Waals surface area contributed by atoms with E-state index in [1.165, 1.54) is 0 Å². The van der Waals surface area contributed by atoms with Crippen molar-refractivity contribution in [1.29, 1.82) is 0 Å². The number of hydrogen-bond donors (Lipinski definition) is 0. The minimum atomic E-state index is -4.00. The summed E-state index contributed by atoms with van der Waals surface area (Å²) in [6.07, 6.45) is -0.427. The molecule has 1 saturated heterocycles. The summed E-state index contributed by atoms with van der Waals surface area (Å²) in [6, 6.07) is 0. The van der Waals surface area contributed by atoms with Crippen molar-refractivity contribution in [1.82, 2.24) is 4.98 Å². The lowest BCUT2D eigenvalue weighted by molar-refractivity contribution is -0.117. The van der Waals surface area contributed by atoms with E-state index in [-0.39, 0.29) is 0 Å². The Morgan fingerprint density at radius 1 is 1.20 bits per heavy atom. The fourth-order valence-electron chi connectivity index (χ4n) is 1.79. The molecule has 110 valence electrons. The maximum atomic E-state index is 13.3. The quantitative estimate of drug-likeness (QED) is 0.596. The predicted molar refractivity (Wildman–Crippen MR) is 69.7 cm³/mol. The SMILES string of the molecule is O=C1CC(S(=O)(=O)Cl)CN1c1c(Cl)c(F)nc(F)c1Cl. The van der Waals surface area contributed by atoms with Crippen molar-refractivity contribution in [3.05, 3.63) is 21.9 Å². The lowest BCUT2D eigenvalue weighted by Crippen LogP contribution is -2.28. The molecule has 0 saturated carbocycles. The number of halogens is 5. The number of carbonyl (C=O) groups is 1. The first-order valence-corrected chi connectivity index (χ1v) is 8.19. The van der Waals surface area contributed by atoms with E-state index in [0.29, 0.717) is 0 Å².